The third kappa shape index (κ3) is 3.84. The minimum atomic E-state index is -4.42. The molecule has 1 heterocycles. The van der Waals surface area contributed by atoms with Gasteiger partial charge in [-0.2, -0.15) is 13.2 Å². The van der Waals surface area contributed by atoms with Crippen molar-refractivity contribution in [2.45, 2.75) is 19.6 Å². The second-order valence-electron chi connectivity index (χ2n) is 4.18. The van der Waals surface area contributed by atoms with E-state index in [4.69, 9.17) is 11.6 Å². The van der Waals surface area contributed by atoms with Crippen molar-refractivity contribution in [3.63, 3.8) is 0 Å². The number of hydrogen-bond acceptors (Lipinski definition) is 3. The van der Waals surface area contributed by atoms with Crippen molar-refractivity contribution in [2.75, 3.05) is 5.32 Å². The zero-order valence-electron chi connectivity index (χ0n) is 10.5. The first-order valence-electron chi connectivity index (χ1n) is 5.75. The van der Waals surface area contributed by atoms with Gasteiger partial charge in [-0.05, 0) is 31.2 Å². The van der Waals surface area contributed by atoms with Crippen LogP contribution in [-0.2, 0) is 12.7 Å². The minimum Gasteiger partial charge on any atom is -0.379 e. The van der Waals surface area contributed by atoms with Gasteiger partial charge in [-0.1, -0.05) is 11.6 Å². The summed E-state index contributed by atoms with van der Waals surface area (Å²) in [4.78, 5) is 8.10. The third-order valence-electron chi connectivity index (χ3n) is 2.53. The van der Waals surface area contributed by atoms with Crippen molar-refractivity contribution in [3.05, 3.63) is 52.6 Å². The van der Waals surface area contributed by atoms with E-state index in [1.165, 1.54) is 6.07 Å². The Labute approximate surface area is 118 Å². The fourth-order valence-corrected chi connectivity index (χ4v) is 1.89. The summed E-state index contributed by atoms with van der Waals surface area (Å²) in [6.07, 6.45) is -2.83. The van der Waals surface area contributed by atoms with E-state index in [2.05, 4.69) is 15.3 Å². The molecule has 0 atom stereocenters. The molecular weight excluding hydrogens is 291 g/mol. The topological polar surface area (TPSA) is 37.8 Å². The Bertz CT molecular complexity index is 614. The van der Waals surface area contributed by atoms with E-state index >= 15 is 0 Å². The lowest BCUT2D eigenvalue weighted by Gasteiger charge is -2.11. The van der Waals surface area contributed by atoms with Crippen LogP contribution < -0.4 is 5.32 Å². The summed E-state index contributed by atoms with van der Waals surface area (Å²) in [5.74, 6) is 0.603. The summed E-state index contributed by atoms with van der Waals surface area (Å²) in [5.41, 5.74) is 0.193. The normalized spacial score (nSPS) is 11.4. The first kappa shape index (κ1) is 14.6. The maximum atomic E-state index is 12.7. The van der Waals surface area contributed by atoms with Gasteiger partial charge in [0, 0.05) is 16.9 Å². The number of halogens is 4. The molecule has 0 radical (unpaired) electrons. The maximum Gasteiger partial charge on any atom is 0.416 e. The fourth-order valence-electron chi connectivity index (χ4n) is 1.65. The van der Waals surface area contributed by atoms with Crippen molar-refractivity contribution in [2.24, 2.45) is 0 Å². The van der Waals surface area contributed by atoms with Crippen LogP contribution in [0.15, 0.2) is 30.5 Å². The summed E-state index contributed by atoms with van der Waals surface area (Å²) in [6.45, 7) is 2.03. The number of alkyl halides is 3. The number of anilines is 1. The van der Waals surface area contributed by atoms with E-state index in [1.807, 2.05) is 0 Å². The first-order chi connectivity index (χ1) is 9.34. The van der Waals surface area contributed by atoms with Gasteiger partial charge in [0.1, 0.15) is 5.82 Å². The molecule has 0 saturated carbocycles. The Kier molecular flexibility index (Phi) is 4.13. The SMILES string of the molecule is Cc1nccc(CNc2cc(Cl)cc(C(F)(F)F)c2)n1. The fraction of sp³-hybridized carbons (Fsp3) is 0.231. The smallest absolute Gasteiger partial charge is 0.379 e. The van der Waals surface area contributed by atoms with Crippen molar-refractivity contribution < 1.29 is 13.2 Å². The highest BCUT2D eigenvalue weighted by molar-refractivity contribution is 6.30. The molecule has 20 heavy (non-hydrogen) atoms. The summed E-state index contributed by atoms with van der Waals surface area (Å²) in [7, 11) is 0. The molecule has 1 N–H and O–H groups in total. The molecule has 0 spiro atoms. The number of aromatic nitrogens is 2. The van der Waals surface area contributed by atoms with Crippen LogP contribution in [0.1, 0.15) is 17.1 Å². The van der Waals surface area contributed by atoms with Crippen LogP contribution >= 0.6 is 11.6 Å². The van der Waals surface area contributed by atoms with Crippen LogP contribution in [0.2, 0.25) is 5.02 Å². The van der Waals surface area contributed by atoms with Gasteiger partial charge in [0.25, 0.3) is 0 Å². The van der Waals surface area contributed by atoms with E-state index in [1.54, 1.807) is 19.2 Å². The molecule has 0 aliphatic heterocycles. The molecule has 0 saturated heterocycles. The molecule has 0 bridgehead atoms. The predicted molar refractivity (Wildman–Crippen MR) is 70.5 cm³/mol. The summed E-state index contributed by atoms with van der Waals surface area (Å²) >= 11 is 5.70. The van der Waals surface area contributed by atoms with Crippen LogP contribution in [0.3, 0.4) is 0 Å². The second kappa shape index (κ2) is 5.66. The minimum absolute atomic E-state index is 0.0289. The zero-order valence-corrected chi connectivity index (χ0v) is 11.3. The maximum absolute atomic E-state index is 12.7. The number of aryl methyl sites for hydroxylation is 1. The second-order valence-corrected chi connectivity index (χ2v) is 4.61. The molecule has 0 amide bonds. The average molecular weight is 302 g/mol. The van der Waals surface area contributed by atoms with Crippen LogP contribution in [-0.4, -0.2) is 9.97 Å². The van der Waals surface area contributed by atoms with Crippen molar-refractivity contribution in [1.29, 1.82) is 0 Å². The van der Waals surface area contributed by atoms with E-state index in [0.29, 0.717) is 23.8 Å². The molecule has 1 aromatic carbocycles. The lowest BCUT2D eigenvalue weighted by atomic mass is 10.2. The number of benzene rings is 1. The molecule has 0 unspecified atom stereocenters. The molecule has 106 valence electrons. The number of nitrogens with zero attached hydrogens (tertiary/aromatic N) is 2. The van der Waals surface area contributed by atoms with E-state index in [9.17, 15) is 13.2 Å². The van der Waals surface area contributed by atoms with Crippen LogP contribution in [0.5, 0.6) is 0 Å². The molecule has 0 aliphatic rings. The Morgan fingerprint density at radius 1 is 1.25 bits per heavy atom. The molecule has 3 nitrogen and oxygen atoms in total. The molecule has 2 rings (SSSR count). The number of nitrogens with one attached hydrogen (secondary N) is 1. The van der Waals surface area contributed by atoms with Gasteiger partial charge in [0.15, 0.2) is 0 Å². The molecule has 0 aliphatic carbocycles. The highest BCUT2D eigenvalue weighted by Gasteiger charge is 2.31. The average Bonchev–Trinajstić information content (AvgIpc) is 2.35. The number of rotatable bonds is 3. The lowest BCUT2D eigenvalue weighted by Crippen LogP contribution is -2.07. The largest absolute Gasteiger partial charge is 0.416 e. The Hall–Kier alpha value is -1.82. The third-order valence-corrected chi connectivity index (χ3v) is 2.75. The first-order valence-corrected chi connectivity index (χ1v) is 6.12. The molecule has 1 aromatic heterocycles. The lowest BCUT2D eigenvalue weighted by molar-refractivity contribution is -0.137. The van der Waals surface area contributed by atoms with Crippen LogP contribution in [0.25, 0.3) is 0 Å². The standard InChI is InChI=1S/C13H11ClF3N3/c1-8-18-3-2-11(20-8)7-19-12-5-9(13(15,16)17)4-10(14)6-12/h2-6,19H,7H2,1H3. The highest BCUT2D eigenvalue weighted by Crippen LogP contribution is 2.33. The summed E-state index contributed by atoms with van der Waals surface area (Å²) in [6, 6.07) is 5.03. The zero-order chi connectivity index (χ0) is 14.8. The van der Waals surface area contributed by atoms with E-state index in [0.717, 1.165) is 12.1 Å². The van der Waals surface area contributed by atoms with Gasteiger partial charge in [-0.25, -0.2) is 9.97 Å². The van der Waals surface area contributed by atoms with Gasteiger partial charge in [0.05, 0.1) is 17.8 Å². The monoisotopic (exact) mass is 301 g/mol. The predicted octanol–water partition coefficient (Wildman–Crippen LogP) is 4.07. The van der Waals surface area contributed by atoms with Gasteiger partial charge in [0.2, 0.25) is 0 Å². The van der Waals surface area contributed by atoms with Crippen LogP contribution in [0.4, 0.5) is 18.9 Å². The molecular formula is C13H11ClF3N3. The van der Waals surface area contributed by atoms with E-state index < -0.39 is 11.7 Å². The number of hydrogen-bond donors (Lipinski definition) is 1. The molecule has 0 fully saturated rings. The van der Waals surface area contributed by atoms with Crippen LogP contribution in [0, 0.1) is 6.92 Å². The Morgan fingerprint density at radius 3 is 2.65 bits per heavy atom. The molecule has 7 heteroatoms. The Balaban J connectivity index is 2.16. The van der Waals surface area contributed by atoms with Crippen molar-refractivity contribution >= 4 is 17.3 Å². The summed E-state index contributed by atoms with van der Waals surface area (Å²) < 4.78 is 38.0. The Morgan fingerprint density at radius 2 is 2.00 bits per heavy atom. The van der Waals surface area contributed by atoms with Gasteiger partial charge < -0.3 is 5.32 Å². The highest BCUT2D eigenvalue weighted by atomic mass is 35.5. The molecule has 2 aromatic rings. The van der Waals surface area contributed by atoms with Gasteiger partial charge in [-0.15, -0.1) is 0 Å². The van der Waals surface area contributed by atoms with Crippen molar-refractivity contribution in [1.82, 2.24) is 9.97 Å². The summed E-state index contributed by atoms with van der Waals surface area (Å²) in [5, 5.41) is 2.90. The van der Waals surface area contributed by atoms with Gasteiger partial charge >= 0.3 is 6.18 Å². The van der Waals surface area contributed by atoms with Gasteiger partial charge in [-0.3, -0.25) is 0 Å². The van der Waals surface area contributed by atoms with E-state index in [-0.39, 0.29) is 5.02 Å². The van der Waals surface area contributed by atoms with Crippen molar-refractivity contribution in [3.8, 4) is 0 Å². The quantitative estimate of drug-likeness (QED) is 0.928.